The van der Waals surface area contributed by atoms with Crippen LogP contribution in [0, 0.1) is 0 Å². The average Bonchev–Trinajstić information content (AvgIpc) is 3.18. The van der Waals surface area contributed by atoms with Crippen molar-refractivity contribution in [3.8, 4) is 17.0 Å². The average molecular weight is 367 g/mol. The molecule has 0 saturated heterocycles. The van der Waals surface area contributed by atoms with Gasteiger partial charge in [-0.15, -0.1) is 13.2 Å². The predicted molar refractivity (Wildman–Crippen MR) is 87.3 cm³/mol. The number of anilines is 1. The molecule has 0 spiro atoms. The number of nitrogens with one attached hydrogen (secondary N) is 1. The summed E-state index contributed by atoms with van der Waals surface area (Å²) in [5.74, 6) is -0.692. The van der Waals surface area contributed by atoms with Gasteiger partial charge in [-0.1, -0.05) is 0 Å². The van der Waals surface area contributed by atoms with E-state index in [1.165, 1.54) is 16.8 Å². The second kappa shape index (κ2) is 6.98. The van der Waals surface area contributed by atoms with Gasteiger partial charge in [0.2, 0.25) is 5.91 Å². The molecule has 0 aliphatic rings. The highest BCUT2D eigenvalue weighted by atomic mass is 32.1. The van der Waals surface area contributed by atoms with Crippen molar-refractivity contribution in [2.24, 2.45) is 0 Å². The van der Waals surface area contributed by atoms with Crippen LogP contribution in [0.1, 0.15) is 0 Å². The minimum absolute atomic E-state index is 0.00899. The van der Waals surface area contributed by atoms with Gasteiger partial charge in [-0.2, -0.15) is 16.4 Å². The first-order valence-electron chi connectivity index (χ1n) is 7.11. The number of halogens is 3. The molecule has 0 aliphatic heterocycles. The van der Waals surface area contributed by atoms with E-state index in [0.717, 1.165) is 23.4 Å². The van der Waals surface area contributed by atoms with Gasteiger partial charge >= 0.3 is 6.36 Å². The number of carbonyl (C=O) groups is 1. The summed E-state index contributed by atoms with van der Waals surface area (Å²) in [5, 5.41) is 10.8. The first kappa shape index (κ1) is 17.0. The molecule has 2 heterocycles. The van der Waals surface area contributed by atoms with Crippen LogP contribution in [0.3, 0.4) is 0 Å². The zero-order chi connectivity index (χ0) is 17.9. The first-order chi connectivity index (χ1) is 11.9. The molecule has 9 heteroatoms. The van der Waals surface area contributed by atoms with Gasteiger partial charge in [0.05, 0.1) is 5.69 Å². The second-order valence-corrected chi connectivity index (χ2v) is 5.81. The molecule has 1 aromatic carbocycles. The molecule has 0 fully saturated rings. The molecule has 1 N–H and O–H groups in total. The molecule has 0 bridgehead atoms. The number of nitrogens with zero attached hydrogens (tertiary/aromatic N) is 2. The minimum Gasteiger partial charge on any atom is -0.406 e. The maximum absolute atomic E-state index is 12.1. The molecule has 1 amide bonds. The van der Waals surface area contributed by atoms with E-state index in [0.29, 0.717) is 5.69 Å². The van der Waals surface area contributed by atoms with Crippen LogP contribution in [0.15, 0.2) is 53.4 Å². The molecule has 0 aliphatic carbocycles. The summed E-state index contributed by atoms with van der Waals surface area (Å²) in [6.45, 7) is -0.00899. The van der Waals surface area contributed by atoms with Crippen molar-refractivity contribution in [2.45, 2.75) is 12.9 Å². The monoisotopic (exact) mass is 367 g/mol. The Morgan fingerprint density at radius 1 is 1.20 bits per heavy atom. The van der Waals surface area contributed by atoms with E-state index in [4.69, 9.17) is 0 Å². The second-order valence-electron chi connectivity index (χ2n) is 5.03. The normalized spacial score (nSPS) is 11.3. The van der Waals surface area contributed by atoms with Crippen LogP contribution in [0.4, 0.5) is 18.9 Å². The first-order valence-corrected chi connectivity index (χ1v) is 8.05. The van der Waals surface area contributed by atoms with Crippen molar-refractivity contribution in [3.63, 3.8) is 0 Å². The Kier molecular flexibility index (Phi) is 4.75. The van der Waals surface area contributed by atoms with Gasteiger partial charge in [-0.25, -0.2) is 0 Å². The van der Waals surface area contributed by atoms with Gasteiger partial charge in [0, 0.05) is 22.8 Å². The summed E-state index contributed by atoms with van der Waals surface area (Å²) in [6, 6.07) is 8.66. The van der Waals surface area contributed by atoms with Crippen molar-refractivity contribution in [1.29, 1.82) is 0 Å². The highest BCUT2D eigenvalue weighted by Crippen LogP contribution is 2.24. The molecule has 3 aromatic rings. The highest BCUT2D eigenvalue weighted by Gasteiger charge is 2.30. The number of carbonyl (C=O) groups excluding carboxylic acids is 1. The van der Waals surface area contributed by atoms with Gasteiger partial charge in [-0.05, 0) is 41.8 Å². The molecule has 0 radical (unpaired) electrons. The fourth-order valence-corrected chi connectivity index (χ4v) is 2.75. The van der Waals surface area contributed by atoms with Gasteiger partial charge in [0.25, 0.3) is 0 Å². The van der Waals surface area contributed by atoms with Gasteiger partial charge < -0.3 is 10.1 Å². The number of benzene rings is 1. The topological polar surface area (TPSA) is 56.2 Å². The smallest absolute Gasteiger partial charge is 0.406 e. The molecule has 25 heavy (non-hydrogen) atoms. The Bertz CT molecular complexity index is 842. The number of hydrogen-bond donors (Lipinski definition) is 1. The third-order valence-electron chi connectivity index (χ3n) is 3.13. The third-order valence-corrected chi connectivity index (χ3v) is 3.82. The zero-order valence-electron chi connectivity index (χ0n) is 12.7. The largest absolute Gasteiger partial charge is 0.573 e. The quantitative estimate of drug-likeness (QED) is 0.737. The van der Waals surface area contributed by atoms with Crippen LogP contribution in [0.2, 0.25) is 0 Å². The number of aromatic nitrogens is 2. The van der Waals surface area contributed by atoms with Crippen LogP contribution in [0.5, 0.6) is 5.75 Å². The summed E-state index contributed by atoms with van der Waals surface area (Å²) in [5.41, 5.74) is 2.11. The van der Waals surface area contributed by atoms with Crippen LogP contribution >= 0.6 is 11.3 Å². The maximum Gasteiger partial charge on any atom is 0.573 e. The zero-order valence-corrected chi connectivity index (χ0v) is 13.5. The lowest BCUT2D eigenvalue weighted by Crippen LogP contribution is -2.19. The summed E-state index contributed by atoms with van der Waals surface area (Å²) in [6.07, 6.45) is -3.06. The molecular formula is C16H12F3N3O2S. The van der Waals surface area contributed by atoms with Crippen molar-refractivity contribution >= 4 is 22.9 Å². The molecule has 0 saturated carbocycles. The van der Waals surface area contributed by atoms with E-state index in [2.05, 4.69) is 15.2 Å². The summed E-state index contributed by atoms with van der Waals surface area (Å²) >= 11 is 1.55. The highest BCUT2D eigenvalue weighted by molar-refractivity contribution is 7.08. The van der Waals surface area contributed by atoms with Crippen LogP contribution < -0.4 is 10.1 Å². The SMILES string of the molecule is O=C(Cn1ccc(-c2ccsc2)n1)Nc1ccc(OC(F)(F)F)cc1. The lowest BCUT2D eigenvalue weighted by molar-refractivity contribution is -0.274. The maximum atomic E-state index is 12.1. The number of alkyl halides is 3. The fraction of sp³-hybridized carbons (Fsp3) is 0.125. The molecule has 2 aromatic heterocycles. The van der Waals surface area contributed by atoms with Gasteiger partial charge in [0.1, 0.15) is 12.3 Å². The number of ether oxygens (including phenoxy) is 1. The minimum atomic E-state index is -4.75. The van der Waals surface area contributed by atoms with Gasteiger partial charge in [-0.3, -0.25) is 9.48 Å². The lowest BCUT2D eigenvalue weighted by Gasteiger charge is -2.10. The molecule has 0 unspecified atom stereocenters. The molecule has 3 rings (SSSR count). The summed E-state index contributed by atoms with van der Waals surface area (Å²) in [7, 11) is 0. The number of rotatable bonds is 5. The lowest BCUT2D eigenvalue weighted by atomic mass is 10.2. The number of thiophene rings is 1. The van der Waals surface area contributed by atoms with Crippen LogP contribution in [-0.2, 0) is 11.3 Å². The molecular weight excluding hydrogens is 355 g/mol. The standard InChI is InChI=1S/C16H12F3N3O2S/c17-16(18,19)24-13-3-1-12(2-4-13)20-15(23)9-22-7-5-14(21-22)11-6-8-25-10-11/h1-8,10H,9H2,(H,20,23). The van der Waals surface area contributed by atoms with Crippen molar-refractivity contribution in [3.05, 3.63) is 53.4 Å². The predicted octanol–water partition coefficient (Wildman–Crippen LogP) is 4.15. The van der Waals surface area contributed by atoms with E-state index in [1.54, 1.807) is 23.6 Å². The summed E-state index contributed by atoms with van der Waals surface area (Å²) in [4.78, 5) is 12.0. The van der Waals surface area contributed by atoms with E-state index in [1.807, 2.05) is 16.8 Å². The van der Waals surface area contributed by atoms with Crippen molar-refractivity contribution < 1.29 is 22.7 Å². The number of amides is 1. The Labute approximate surface area is 144 Å². The van der Waals surface area contributed by atoms with E-state index in [9.17, 15) is 18.0 Å². The summed E-state index contributed by atoms with van der Waals surface area (Å²) < 4.78 is 41.6. The van der Waals surface area contributed by atoms with E-state index < -0.39 is 6.36 Å². The van der Waals surface area contributed by atoms with Crippen molar-refractivity contribution in [1.82, 2.24) is 9.78 Å². The van der Waals surface area contributed by atoms with E-state index >= 15 is 0 Å². The van der Waals surface area contributed by atoms with Crippen LogP contribution in [-0.4, -0.2) is 22.1 Å². The van der Waals surface area contributed by atoms with Crippen LogP contribution in [0.25, 0.3) is 11.3 Å². The number of hydrogen-bond acceptors (Lipinski definition) is 4. The van der Waals surface area contributed by atoms with Gasteiger partial charge in [0.15, 0.2) is 0 Å². The molecule has 0 atom stereocenters. The Hall–Kier alpha value is -2.81. The fourth-order valence-electron chi connectivity index (χ4n) is 2.10. The van der Waals surface area contributed by atoms with Crippen molar-refractivity contribution in [2.75, 3.05) is 5.32 Å². The molecule has 5 nitrogen and oxygen atoms in total. The Morgan fingerprint density at radius 3 is 2.60 bits per heavy atom. The Morgan fingerprint density at radius 2 is 1.96 bits per heavy atom. The third kappa shape index (κ3) is 4.83. The molecule has 130 valence electrons. The van der Waals surface area contributed by atoms with E-state index in [-0.39, 0.29) is 18.2 Å². The Balaban J connectivity index is 1.57.